The zero-order chi connectivity index (χ0) is 19.1. The van der Waals surface area contributed by atoms with Gasteiger partial charge in [-0.15, -0.1) is 22.7 Å². The Morgan fingerprint density at radius 2 is 2.00 bits per heavy atom. The van der Waals surface area contributed by atoms with Crippen LogP contribution in [0, 0.1) is 20.8 Å². The molecule has 0 fully saturated rings. The van der Waals surface area contributed by atoms with Crippen LogP contribution in [0.4, 0.5) is 5.69 Å². The van der Waals surface area contributed by atoms with Crippen molar-refractivity contribution in [1.82, 2.24) is 15.0 Å². The number of thiazole rings is 1. The third-order valence-corrected chi connectivity index (χ3v) is 6.12. The van der Waals surface area contributed by atoms with Crippen molar-refractivity contribution in [1.29, 1.82) is 0 Å². The molecule has 1 aromatic carbocycles. The van der Waals surface area contributed by atoms with Crippen LogP contribution < -0.4 is 10.9 Å². The lowest BCUT2D eigenvalue weighted by molar-refractivity contribution is 0.103. The molecule has 0 unspecified atom stereocenters. The van der Waals surface area contributed by atoms with Crippen LogP contribution in [0.1, 0.15) is 26.1 Å². The molecule has 6 nitrogen and oxygen atoms in total. The summed E-state index contributed by atoms with van der Waals surface area (Å²) in [6.07, 6.45) is 0. The minimum Gasteiger partial charge on any atom is -0.321 e. The predicted octanol–water partition coefficient (Wildman–Crippen LogP) is 4.29. The topological polar surface area (TPSA) is 87.7 Å². The first kappa shape index (κ1) is 17.6. The van der Waals surface area contributed by atoms with Crippen molar-refractivity contribution in [2.45, 2.75) is 20.8 Å². The maximum absolute atomic E-state index is 12.8. The lowest BCUT2D eigenvalue weighted by atomic mass is 10.1. The number of H-pyrrole nitrogens is 1. The van der Waals surface area contributed by atoms with E-state index in [9.17, 15) is 9.59 Å². The van der Waals surface area contributed by atoms with Crippen LogP contribution in [0.3, 0.4) is 0 Å². The van der Waals surface area contributed by atoms with Crippen LogP contribution in [-0.2, 0) is 0 Å². The number of nitrogens with one attached hydrogen (secondary N) is 2. The van der Waals surface area contributed by atoms with Gasteiger partial charge in [-0.2, -0.15) is 0 Å². The fourth-order valence-electron chi connectivity index (χ4n) is 2.91. The molecule has 0 atom stereocenters. The van der Waals surface area contributed by atoms with Gasteiger partial charge >= 0.3 is 0 Å². The Balaban J connectivity index is 1.67. The van der Waals surface area contributed by atoms with Gasteiger partial charge in [0.2, 0.25) is 0 Å². The first-order valence-corrected chi connectivity index (χ1v) is 9.96. The highest BCUT2D eigenvalue weighted by atomic mass is 32.1. The van der Waals surface area contributed by atoms with Crippen LogP contribution in [-0.4, -0.2) is 20.9 Å². The number of aryl methyl sites for hydroxylation is 3. The molecule has 27 heavy (non-hydrogen) atoms. The van der Waals surface area contributed by atoms with Gasteiger partial charge in [0.25, 0.3) is 11.5 Å². The first-order valence-electron chi connectivity index (χ1n) is 8.26. The number of hydrogen-bond acceptors (Lipinski definition) is 6. The van der Waals surface area contributed by atoms with E-state index in [2.05, 4.69) is 20.3 Å². The summed E-state index contributed by atoms with van der Waals surface area (Å²) >= 11 is 2.82. The third-order valence-electron chi connectivity index (χ3n) is 4.16. The van der Waals surface area contributed by atoms with Gasteiger partial charge in [-0.1, -0.05) is 12.1 Å². The Hall–Kier alpha value is -2.84. The van der Waals surface area contributed by atoms with E-state index in [4.69, 9.17) is 0 Å². The van der Waals surface area contributed by atoms with Crippen LogP contribution in [0.2, 0.25) is 0 Å². The standard InChI is InChI=1S/C19H16N4O2S2/c1-9-15-17(24)20-10(2)21-19(15)27-16(9)18(25)23-13-6-4-5-12(7-13)14-8-26-11(3)22-14/h4-8H,1-3H3,(H,23,25)(H,20,21,24). The van der Waals surface area contributed by atoms with Crippen molar-refractivity contribution in [3.63, 3.8) is 0 Å². The van der Waals surface area contributed by atoms with Gasteiger partial charge in [0, 0.05) is 16.6 Å². The van der Waals surface area contributed by atoms with Gasteiger partial charge in [-0.3, -0.25) is 9.59 Å². The molecule has 0 aliphatic heterocycles. The number of fused-ring (bicyclic) bond motifs is 1. The van der Waals surface area contributed by atoms with E-state index in [0.717, 1.165) is 16.3 Å². The second-order valence-electron chi connectivity index (χ2n) is 6.17. The Morgan fingerprint density at radius 3 is 2.74 bits per heavy atom. The minimum atomic E-state index is -0.251. The van der Waals surface area contributed by atoms with E-state index in [0.29, 0.717) is 32.2 Å². The van der Waals surface area contributed by atoms with Crippen molar-refractivity contribution in [2.75, 3.05) is 5.32 Å². The van der Waals surface area contributed by atoms with Gasteiger partial charge in [0.15, 0.2) is 0 Å². The molecule has 8 heteroatoms. The van der Waals surface area contributed by atoms with Gasteiger partial charge < -0.3 is 10.3 Å². The van der Waals surface area contributed by atoms with Gasteiger partial charge in [-0.25, -0.2) is 9.97 Å². The largest absolute Gasteiger partial charge is 0.321 e. The molecular formula is C19H16N4O2S2. The molecule has 0 bridgehead atoms. The number of aromatic amines is 1. The van der Waals surface area contributed by atoms with Crippen LogP contribution in [0.15, 0.2) is 34.4 Å². The molecule has 1 amide bonds. The summed E-state index contributed by atoms with van der Waals surface area (Å²) in [6.45, 7) is 5.46. The Morgan fingerprint density at radius 1 is 1.19 bits per heavy atom. The molecule has 0 radical (unpaired) electrons. The lowest BCUT2D eigenvalue weighted by Gasteiger charge is -2.06. The summed E-state index contributed by atoms with van der Waals surface area (Å²) < 4.78 is 0. The summed E-state index contributed by atoms with van der Waals surface area (Å²) in [7, 11) is 0. The zero-order valence-electron chi connectivity index (χ0n) is 14.9. The highest BCUT2D eigenvalue weighted by Crippen LogP contribution is 2.29. The SMILES string of the molecule is Cc1nc2sc(C(=O)Nc3cccc(-c4csc(C)n4)c3)c(C)c2c(=O)[nH]1. The summed E-state index contributed by atoms with van der Waals surface area (Å²) in [5, 5.41) is 6.38. The predicted molar refractivity (Wildman–Crippen MR) is 110 cm³/mol. The summed E-state index contributed by atoms with van der Waals surface area (Å²) in [6, 6.07) is 7.57. The summed E-state index contributed by atoms with van der Waals surface area (Å²) in [5.74, 6) is 0.283. The molecule has 0 spiro atoms. The number of carbonyl (C=O) groups excluding carboxylic acids is 1. The molecule has 0 saturated heterocycles. The van der Waals surface area contributed by atoms with E-state index >= 15 is 0 Å². The maximum atomic E-state index is 12.8. The molecule has 0 aliphatic rings. The average Bonchev–Trinajstić information content (AvgIpc) is 3.19. The summed E-state index contributed by atoms with van der Waals surface area (Å²) in [5.41, 5.74) is 2.94. The van der Waals surface area contributed by atoms with Crippen LogP contribution >= 0.6 is 22.7 Å². The number of hydrogen-bond donors (Lipinski definition) is 2. The van der Waals surface area contributed by atoms with Gasteiger partial charge in [-0.05, 0) is 38.5 Å². The number of amides is 1. The van der Waals surface area contributed by atoms with Gasteiger partial charge in [0.05, 0.1) is 21.0 Å². The van der Waals surface area contributed by atoms with Crippen molar-refractivity contribution < 1.29 is 4.79 Å². The highest BCUT2D eigenvalue weighted by molar-refractivity contribution is 7.20. The molecule has 0 saturated carbocycles. The zero-order valence-corrected chi connectivity index (χ0v) is 16.5. The number of aromatic nitrogens is 3. The quantitative estimate of drug-likeness (QED) is 0.541. The van der Waals surface area contributed by atoms with Gasteiger partial charge in [0.1, 0.15) is 10.7 Å². The normalized spacial score (nSPS) is 11.1. The number of rotatable bonds is 3. The Bertz CT molecular complexity index is 1240. The fourth-order valence-corrected chi connectivity index (χ4v) is 4.65. The molecule has 4 rings (SSSR count). The number of carbonyl (C=O) groups is 1. The van der Waals surface area contributed by atoms with Crippen LogP contribution in [0.25, 0.3) is 21.5 Å². The Labute approximate surface area is 162 Å². The average molecular weight is 396 g/mol. The van der Waals surface area contributed by atoms with Crippen molar-refractivity contribution in [3.8, 4) is 11.3 Å². The van der Waals surface area contributed by atoms with Crippen molar-refractivity contribution in [3.05, 3.63) is 61.3 Å². The molecular weight excluding hydrogens is 380 g/mol. The number of benzene rings is 1. The van der Waals surface area contributed by atoms with E-state index in [1.807, 2.05) is 36.6 Å². The fraction of sp³-hybridized carbons (Fsp3) is 0.158. The van der Waals surface area contributed by atoms with Crippen molar-refractivity contribution >= 4 is 44.5 Å². The van der Waals surface area contributed by atoms with E-state index in [1.54, 1.807) is 25.2 Å². The number of thiophene rings is 1. The molecule has 4 aromatic rings. The molecule has 2 N–H and O–H groups in total. The third kappa shape index (κ3) is 3.29. The molecule has 3 heterocycles. The van der Waals surface area contributed by atoms with Crippen LogP contribution in [0.5, 0.6) is 0 Å². The van der Waals surface area contributed by atoms with E-state index < -0.39 is 0 Å². The molecule has 0 aliphatic carbocycles. The molecule has 3 aromatic heterocycles. The second kappa shape index (κ2) is 6.71. The number of nitrogens with zero attached hydrogens (tertiary/aromatic N) is 2. The lowest BCUT2D eigenvalue weighted by Crippen LogP contribution is -2.12. The minimum absolute atomic E-state index is 0.216. The van der Waals surface area contributed by atoms with Crippen molar-refractivity contribution in [2.24, 2.45) is 0 Å². The number of anilines is 1. The Kier molecular flexibility index (Phi) is 4.37. The smallest absolute Gasteiger partial charge is 0.266 e. The highest BCUT2D eigenvalue weighted by Gasteiger charge is 2.19. The molecule has 136 valence electrons. The second-order valence-corrected chi connectivity index (χ2v) is 8.24. The summed E-state index contributed by atoms with van der Waals surface area (Å²) in [4.78, 5) is 37.6. The first-order chi connectivity index (χ1) is 12.9. The monoisotopic (exact) mass is 396 g/mol. The van der Waals surface area contributed by atoms with E-state index in [-0.39, 0.29) is 11.5 Å². The van der Waals surface area contributed by atoms with E-state index in [1.165, 1.54) is 11.3 Å². The maximum Gasteiger partial charge on any atom is 0.266 e.